The van der Waals surface area contributed by atoms with Gasteiger partial charge >= 0.3 is 0 Å². The van der Waals surface area contributed by atoms with Crippen LogP contribution in [0, 0.1) is 0 Å². The van der Waals surface area contributed by atoms with Crippen LogP contribution in [0.3, 0.4) is 0 Å². The molecule has 9 aromatic carbocycles. The van der Waals surface area contributed by atoms with E-state index in [0.29, 0.717) is 17.3 Å². The van der Waals surface area contributed by atoms with E-state index in [9.17, 15) is 0 Å². The molecule has 0 spiro atoms. The first-order valence-electron chi connectivity index (χ1n) is 20.4. The Morgan fingerprint density at radius 2 is 0.933 bits per heavy atom. The third-order valence-electron chi connectivity index (χ3n) is 13.2. The topological polar surface area (TPSA) is 53.2 Å². The molecule has 6 nitrogen and oxygen atoms in total. The normalized spacial score (nSPS) is 12.7. The summed E-state index contributed by atoms with van der Waals surface area (Å²) >= 11 is 0. The van der Waals surface area contributed by atoms with Gasteiger partial charge in [0.2, 0.25) is 5.95 Å². The molecule has 0 radical (unpaired) electrons. The molecule has 0 aliphatic carbocycles. The zero-order valence-corrected chi connectivity index (χ0v) is 31.9. The average molecular weight is 764 g/mol. The number of aromatic nitrogens is 5. The molecule has 0 saturated heterocycles. The zero-order valence-electron chi connectivity index (χ0n) is 31.9. The standard InChI is InChI=1S/C54H29N5O/c1-3-15-32-30(13-1)26-28-44-46(32)35-18-6-11-23-42(35)58(44)54-55-49-37-20-8-12-24-45(37)60-52(49)53(56-54)59-40-21-9-5-17-34(40)38-29-39-47-33-16-4-2-14-31(33)25-27-43(47)57-41-22-10-7-19-36(41)48(50(38)59)51(39)57/h1-29H. The van der Waals surface area contributed by atoms with E-state index >= 15 is 0 Å². The summed E-state index contributed by atoms with van der Waals surface area (Å²) in [6.07, 6.45) is 0. The molecule has 6 aromatic heterocycles. The summed E-state index contributed by atoms with van der Waals surface area (Å²) in [7, 11) is 0. The zero-order chi connectivity index (χ0) is 38.8. The fourth-order valence-corrected chi connectivity index (χ4v) is 10.8. The minimum atomic E-state index is 0.593. The third-order valence-corrected chi connectivity index (χ3v) is 13.2. The van der Waals surface area contributed by atoms with Crippen LogP contribution in [0.5, 0.6) is 0 Å². The van der Waals surface area contributed by atoms with E-state index < -0.39 is 0 Å². The van der Waals surface area contributed by atoms with E-state index in [1.165, 1.54) is 70.4 Å². The molecule has 0 aliphatic rings. The predicted octanol–water partition coefficient (Wildman–Crippen LogP) is 14.0. The molecule has 15 aromatic rings. The van der Waals surface area contributed by atoms with Crippen LogP contribution in [0.1, 0.15) is 0 Å². The lowest BCUT2D eigenvalue weighted by Crippen LogP contribution is -2.06. The van der Waals surface area contributed by atoms with Crippen molar-refractivity contribution in [3.63, 3.8) is 0 Å². The number of nitrogens with zero attached hydrogens (tertiary/aromatic N) is 5. The van der Waals surface area contributed by atoms with Crippen molar-refractivity contribution in [2.24, 2.45) is 0 Å². The molecule has 0 aliphatic heterocycles. The highest BCUT2D eigenvalue weighted by Crippen LogP contribution is 2.48. The highest BCUT2D eigenvalue weighted by atomic mass is 16.3. The Labute approximate surface area is 339 Å². The number of hydrogen-bond acceptors (Lipinski definition) is 3. The molecule has 276 valence electrons. The van der Waals surface area contributed by atoms with E-state index in [-0.39, 0.29) is 0 Å². The van der Waals surface area contributed by atoms with Gasteiger partial charge in [-0.3, -0.25) is 9.13 Å². The number of hydrogen-bond donors (Lipinski definition) is 0. The van der Waals surface area contributed by atoms with E-state index in [1.807, 2.05) is 12.1 Å². The van der Waals surface area contributed by atoms with Crippen LogP contribution in [0.25, 0.3) is 137 Å². The highest BCUT2D eigenvalue weighted by Gasteiger charge is 2.28. The SMILES string of the molecule is c1ccc2c(c1)ccc1c2c2ccccc2n1-c1nc(-n2c3ccccc3c3cc4c5c6ccccc6ccc5n5c6ccccc6c(c32)c45)c2oc3ccccc3c2n1. The molecule has 6 heterocycles. The Bertz CT molecular complexity index is 4370. The fraction of sp³-hybridized carbons (Fsp3) is 0. The van der Waals surface area contributed by atoms with E-state index in [4.69, 9.17) is 14.4 Å². The largest absolute Gasteiger partial charge is 0.450 e. The van der Waals surface area contributed by atoms with Crippen molar-refractivity contribution in [3.8, 4) is 11.8 Å². The first-order chi connectivity index (χ1) is 29.8. The number of para-hydroxylation sites is 4. The summed E-state index contributed by atoms with van der Waals surface area (Å²) in [6.45, 7) is 0. The summed E-state index contributed by atoms with van der Waals surface area (Å²) in [5.41, 5.74) is 10.1. The first kappa shape index (κ1) is 30.9. The summed E-state index contributed by atoms with van der Waals surface area (Å²) in [6, 6.07) is 63.2. The van der Waals surface area contributed by atoms with Gasteiger partial charge in [0, 0.05) is 48.5 Å². The van der Waals surface area contributed by atoms with Gasteiger partial charge in [-0.2, -0.15) is 4.98 Å². The van der Waals surface area contributed by atoms with Crippen LogP contribution in [-0.4, -0.2) is 23.5 Å². The third kappa shape index (κ3) is 3.66. The molecule has 0 bridgehead atoms. The van der Waals surface area contributed by atoms with Gasteiger partial charge in [0.15, 0.2) is 11.4 Å². The lowest BCUT2D eigenvalue weighted by molar-refractivity contribution is 0.661. The summed E-state index contributed by atoms with van der Waals surface area (Å²) in [5.74, 6) is 1.30. The Kier molecular flexibility index (Phi) is 5.57. The number of furan rings is 1. The molecular weight excluding hydrogens is 735 g/mol. The lowest BCUT2D eigenvalue weighted by Gasteiger charge is -2.12. The Hall–Kier alpha value is -8.22. The van der Waals surface area contributed by atoms with Crippen molar-refractivity contribution < 1.29 is 4.42 Å². The van der Waals surface area contributed by atoms with Crippen LogP contribution in [0.15, 0.2) is 180 Å². The van der Waals surface area contributed by atoms with Gasteiger partial charge in [-0.1, -0.05) is 127 Å². The summed E-state index contributed by atoms with van der Waals surface area (Å²) in [4.78, 5) is 11.1. The second kappa shape index (κ2) is 10.8. The van der Waals surface area contributed by atoms with Crippen LogP contribution in [0.4, 0.5) is 0 Å². The fourth-order valence-electron chi connectivity index (χ4n) is 10.8. The van der Waals surface area contributed by atoms with Gasteiger partial charge in [0.05, 0.1) is 38.6 Å². The second-order valence-electron chi connectivity index (χ2n) is 16.1. The predicted molar refractivity (Wildman–Crippen MR) is 248 cm³/mol. The first-order valence-corrected chi connectivity index (χ1v) is 20.4. The van der Waals surface area contributed by atoms with Gasteiger partial charge in [-0.15, -0.1) is 0 Å². The highest BCUT2D eigenvalue weighted by molar-refractivity contribution is 6.36. The molecule has 0 fully saturated rings. The number of fused-ring (bicyclic) bond motifs is 20. The summed E-state index contributed by atoms with van der Waals surface area (Å²) < 4.78 is 14.0. The van der Waals surface area contributed by atoms with Gasteiger partial charge in [0.1, 0.15) is 11.1 Å². The van der Waals surface area contributed by atoms with Crippen molar-refractivity contribution >= 4 is 125 Å². The van der Waals surface area contributed by atoms with Gasteiger partial charge in [0.25, 0.3) is 0 Å². The van der Waals surface area contributed by atoms with Crippen LogP contribution in [0.2, 0.25) is 0 Å². The van der Waals surface area contributed by atoms with Gasteiger partial charge in [-0.05, 0) is 70.1 Å². The van der Waals surface area contributed by atoms with Gasteiger partial charge < -0.3 is 8.82 Å². The maximum Gasteiger partial charge on any atom is 0.237 e. The maximum atomic E-state index is 6.89. The quantitative estimate of drug-likeness (QED) is 0.176. The molecule has 0 unspecified atom stereocenters. The summed E-state index contributed by atoms with van der Waals surface area (Å²) in [5, 5.41) is 15.5. The molecular formula is C54H29N5O. The van der Waals surface area contributed by atoms with Crippen molar-refractivity contribution in [1.29, 1.82) is 0 Å². The molecule has 15 rings (SSSR count). The van der Waals surface area contributed by atoms with Gasteiger partial charge in [-0.25, -0.2) is 4.98 Å². The van der Waals surface area contributed by atoms with Crippen molar-refractivity contribution in [1.82, 2.24) is 23.5 Å². The Balaban J connectivity index is 1.17. The van der Waals surface area contributed by atoms with Crippen molar-refractivity contribution in [2.45, 2.75) is 0 Å². The Morgan fingerprint density at radius 3 is 1.68 bits per heavy atom. The van der Waals surface area contributed by atoms with Crippen molar-refractivity contribution in [3.05, 3.63) is 176 Å². The van der Waals surface area contributed by atoms with E-state index in [1.54, 1.807) is 0 Å². The molecule has 60 heavy (non-hydrogen) atoms. The van der Waals surface area contributed by atoms with Crippen LogP contribution < -0.4 is 0 Å². The van der Waals surface area contributed by atoms with Crippen LogP contribution in [-0.2, 0) is 0 Å². The monoisotopic (exact) mass is 763 g/mol. The maximum absolute atomic E-state index is 6.89. The molecule has 0 N–H and O–H groups in total. The number of benzene rings is 9. The molecule has 6 heteroatoms. The lowest BCUT2D eigenvalue weighted by atomic mass is 10.00. The van der Waals surface area contributed by atoms with Crippen LogP contribution >= 0.6 is 0 Å². The molecule has 0 saturated carbocycles. The molecule has 0 atom stereocenters. The number of rotatable bonds is 2. The van der Waals surface area contributed by atoms with E-state index in [0.717, 1.165) is 49.3 Å². The Morgan fingerprint density at radius 1 is 0.367 bits per heavy atom. The van der Waals surface area contributed by atoms with E-state index in [2.05, 4.69) is 177 Å². The smallest absolute Gasteiger partial charge is 0.237 e. The average Bonchev–Trinajstić information content (AvgIpc) is 4.10. The second-order valence-corrected chi connectivity index (χ2v) is 16.1. The minimum Gasteiger partial charge on any atom is -0.450 e. The minimum absolute atomic E-state index is 0.593. The molecule has 0 amide bonds. The van der Waals surface area contributed by atoms with Crippen molar-refractivity contribution in [2.75, 3.05) is 0 Å².